The van der Waals surface area contributed by atoms with E-state index in [0.717, 1.165) is 27.5 Å². The van der Waals surface area contributed by atoms with Gasteiger partial charge in [-0.2, -0.15) is 0 Å². The highest BCUT2D eigenvalue weighted by Crippen LogP contribution is 2.18. The highest BCUT2D eigenvalue weighted by atomic mass is 16.1. The zero-order valence-corrected chi connectivity index (χ0v) is 13.5. The number of carbonyl (C=O) groups is 1. The van der Waals surface area contributed by atoms with Crippen molar-refractivity contribution in [3.8, 4) is 0 Å². The molecule has 0 saturated heterocycles. The lowest BCUT2D eigenvalue weighted by Crippen LogP contribution is -2.22. The summed E-state index contributed by atoms with van der Waals surface area (Å²) in [6.45, 7) is 2.56. The standard InChI is InChI=1S/C21H18N2O/c1-14-10-19-11-15(6-9-20(19)23-14)13-22-21(24)18-8-7-16-4-2-3-5-17(16)12-18/h2-12,23H,13H2,1H3,(H,22,24). The van der Waals surface area contributed by atoms with Gasteiger partial charge in [-0.3, -0.25) is 4.79 Å². The quantitative estimate of drug-likeness (QED) is 0.572. The molecule has 0 atom stereocenters. The van der Waals surface area contributed by atoms with Crippen LogP contribution in [0.25, 0.3) is 21.7 Å². The molecule has 0 aliphatic carbocycles. The van der Waals surface area contributed by atoms with Gasteiger partial charge in [0.15, 0.2) is 0 Å². The van der Waals surface area contributed by atoms with E-state index >= 15 is 0 Å². The maximum absolute atomic E-state index is 12.4. The molecule has 118 valence electrons. The van der Waals surface area contributed by atoms with Crippen molar-refractivity contribution in [2.24, 2.45) is 0 Å². The van der Waals surface area contributed by atoms with Gasteiger partial charge in [-0.15, -0.1) is 0 Å². The largest absolute Gasteiger partial charge is 0.359 e. The van der Waals surface area contributed by atoms with Crippen LogP contribution in [0, 0.1) is 6.92 Å². The smallest absolute Gasteiger partial charge is 0.251 e. The first kappa shape index (κ1) is 14.5. The molecule has 24 heavy (non-hydrogen) atoms. The van der Waals surface area contributed by atoms with Crippen LogP contribution in [-0.4, -0.2) is 10.9 Å². The highest BCUT2D eigenvalue weighted by molar-refractivity contribution is 5.98. The van der Waals surface area contributed by atoms with Crippen LogP contribution in [-0.2, 0) is 6.54 Å². The topological polar surface area (TPSA) is 44.9 Å². The van der Waals surface area contributed by atoms with Crippen molar-refractivity contribution in [3.05, 3.63) is 83.6 Å². The van der Waals surface area contributed by atoms with Gasteiger partial charge in [0.05, 0.1) is 0 Å². The third-order valence-electron chi connectivity index (χ3n) is 4.28. The minimum absolute atomic E-state index is 0.0499. The van der Waals surface area contributed by atoms with Crippen LogP contribution in [0.15, 0.2) is 66.7 Å². The highest BCUT2D eigenvalue weighted by Gasteiger charge is 2.07. The average molecular weight is 314 g/mol. The SMILES string of the molecule is Cc1cc2cc(CNC(=O)c3ccc4ccccc4c3)ccc2[nH]1. The molecule has 0 fully saturated rings. The molecule has 0 bridgehead atoms. The molecule has 0 aliphatic heterocycles. The van der Waals surface area contributed by atoms with Crippen molar-refractivity contribution < 1.29 is 4.79 Å². The summed E-state index contributed by atoms with van der Waals surface area (Å²) in [5.74, 6) is -0.0499. The summed E-state index contributed by atoms with van der Waals surface area (Å²) >= 11 is 0. The number of aromatic amines is 1. The molecule has 0 spiro atoms. The first-order valence-electron chi connectivity index (χ1n) is 8.04. The van der Waals surface area contributed by atoms with Crippen LogP contribution in [0.3, 0.4) is 0 Å². The van der Waals surface area contributed by atoms with E-state index in [1.165, 1.54) is 5.39 Å². The second-order valence-corrected chi connectivity index (χ2v) is 6.12. The summed E-state index contributed by atoms with van der Waals surface area (Å²) in [6.07, 6.45) is 0. The van der Waals surface area contributed by atoms with E-state index in [2.05, 4.69) is 28.5 Å². The van der Waals surface area contributed by atoms with E-state index in [1.54, 1.807) is 0 Å². The third-order valence-corrected chi connectivity index (χ3v) is 4.28. The van der Waals surface area contributed by atoms with Crippen LogP contribution in [0.4, 0.5) is 0 Å². The van der Waals surface area contributed by atoms with Gasteiger partial charge < -0.3 is 10.3 Å². The Balaban J connectivity index is 1.51. The maximum atomic E-state index is 12.4. The summed E-state index contributed by atoms with van der Waals surface area (Å²) < 4.78 is 0. The lowest BCUT2D eigenvalue weighted by molar-refractivity contribution is 0.0951. The van der Waals surface area contributed by atoms with E-state index < -0.39 is 0 Å². The Labute approximate surface area is 140 Å². The number of carbonyl (C=O) groups excluding carboxylic acids is 1. The van der Waals surface area contributed by atoms with Crippen molar-refractivity contribution in [2.75, 3.05) is 0 Å². The Bertz CT molecular complexity index is 1050. The fraction of sp³-hybridized carbons (Fsp3) is 0.0952. The lowest BCUT2D eigenvalue weighted by Gasteiger charge is -2.07. The normalized spacial score (nSPS) is 11.0. The molecular weight excluding hydrogens is 296 g/mol. The van der Waals surface area contributed by atoms with Crippen LogP contribution in [0.1, 0.15) is 21.6 Å². The number of aryl methyl sites for hydroxylation is 1. The van der Waals surface area contributed by atoms with Gasteiger partial charge in [0.1, 0.15) is 0 Å². The number of nitrogens with one attached hydrogen (secondary N) is 2. The lowest BCUT2D eigenvalue weighted by atomic mass is 10.1. The molecule has 0 saturated carbocycles. The molecule has 3 heteroatoms. The molecule has 1 heterocycles. The Morgan fingerprint density at radius 1 is 0.917 bits per heavy atom. The van der Waals surface area contributed by atoms with Crippen molar-refractivity contribution >= 4 is 27.6 Å². The predicted octanol–water partition coefficient (Wildman–Crippen LogP) is 4.56. The first-order valence-corrected chi connectivity index (χ1v) is 8.04. The van der Waals surface area contributed by atoms with Gasteiger partial charge in [-0.05, 0) is 59.0 Å². The minimum Gasteiger partial charge on any atom is -0.359 e. The molecule has 0 aliphatic rings. The van der Waals surface area contributed by atoms with Crippen LogP contribution >= 0.6 is 0 Å². The summed E-state index contributed by atoms with van der Waals surface area (Å²) in [7, 11) is 0. The number of amides is 1. The van der Waals surface area contributed by atoms with Crippen molar-refractivity contribution in [2.45, 2.75) is 13.5 Å². The molecule has 4 aromatic rings. The fourth-order valence-electron chi connectivity index (χ4n) is 3.05. The van der Waals surface area contributed by atoms with E-state index in [1.807, 2.05) is 55.5 Å². The fourth-order valence-corrected chi connectivity index (χ4v) is 3.05. The Morgan fingerprint density at radius 2 is 1.75 bits per heavy atom. The zero-order valence-electron chi connectivity index (χ0n) is 13.5. The Morgan fingerprint density at radius 3 is 2.62 bits per heavy atom. The van der Waals surface area contributed by atoms with Gasteiger partial charge >= 0.3 is 0 Å². The summed E-state index contributed by atoms with van der Waals surface area (Å²) in [5.41, 5.74) is 4.04. The Hall–Kier alpha value is -3.07. The molecule has 1 amide bonds. The molecular formula is C21H18N2O. The molecule has 0 radical (unpaired) electrons. The maximum Gasteiger partial charge on any atom is 0.251 e. The molecule has 1 aromatic heterocycles. The number of H-pyrrole nitrogens is 1. The number of hydrogen-bond acceptors (Lipinski definition) is 1. The minimum atomic E-state index is -0.0499. The van der Waals surface area contributed by atoms with E-state index in [9.17, 15) is 4.79 Å². The van der Waals surface area contributed by atoms with E-state index in [-0.39, 0.29) is 5.91 Å². The van der Waals surface area contributed by atoms with Crippen molar-refractivity contribution in [1.82, 2.24) is 10.3 Å². The van der Waals surface area contributed by atoms with Crippen molar-refractivity contribution in [1.29, 1.82) is 0 Å². The molecule has 3 nitrogen and oxygen atoms in total. The number of hydrogen-bond donors (Lipinski definition) is 2. The number of rotatable bonds is 3. The Kier molecular flexibility index (Phi) is 3.54. The predicted molar refractivity (Wildman–Crippen MR) is 98.2 cm³/mol. The zero-order chi connectivity index (χ0) is 16.5. The molecule has 4 rings (SSSR count). The van der Waals surface area contributed by atoms with E-state index in [0.29, 0.717) is 12.1 Å². The number of benzene rings is 3. The summed E-state index contributed by atoms with van der Waals surface area (Å²) in [6, 6.07) is 22.2. The van der Waals surface area contributed by atoms with E-state index in [4.69, 9.17) is 0 Å². The van der Waals surface area contributed by atoms with Crippen LogP contribution in [0.5, 0.6) is 0 Å². The molecule has 2 N–H and O–H groups in total. The van der Waals surface area contributed by atoms with Gasteiger partial charge in [0.2, 0.25) is 0 Å². The number of fused-ring (bicyclic) bond motifs is 2. The monoisotopic (exact) mass is 314 g/mol. The molecule has 0 unspecified atom stereocenters. The van der Waals surface area contributed by atoms with Crippen LogP contribution in [0.2, 0.25) is 0 Å². The van der Waals surface area contributed by atoms with Crippen LogP contribution < -0.4 is 5.32 Å². The van der Waals surface area contributed by atoms with Crippen molar-refractivity contribution in [3.63, 3.8) is 0 Å². The average Bonchev–Trinajstić information content (AvgIpc) is 2.98. The third kappa shape index (κ3) is 2.76. The first-order chi connectivity index (χ1) is 11.7. The molecule has 3 aromatic carbocycles. The number of aromatic nitrogens is 1. The van der Waals surface area contributed by atoms with Gasteiger partial charge in [0.25, 0.3) is 5.91 Å². The van der Waals surface area contributed by atoms with Gasteiger partial charge in [-0.1, -0.05) is 36.4 Å². The summed E-state index contributed by atoms with van der Waals surface area (Å²) in [5, 5.41) is 6.39. The van der Waals surface area contributed by atoms with Gasteiger partial charge in [0, 0.05) is 23.3 Å². The summed E-state index contributed by atoms with van der Waals surface area (Å²) in [4.78, 5) is 15.7. The second kappa shape index (κ2) is 5.85. The van der Waals surface area contributed by atoms with Gasteiger partial charge in [-0.25, -0.2) is 0 Å². The second-order valence-electron chi connectivity index (χ2n) is 6.12.